The van der Waals surface area contributed by atoms with Gasteiger partial charge in [-0.15, -0.1) is 0 Å². The summed E-state index contributed by atoms with van der Waals surface area (Å²) in [6, 6.07) is 8.67. The molecule has 1 N–H and O–H groups in total. The molecule has 0 saturated heterocycles. The summed E-state index contributed by atoms with van der Waals surface area (Å²) >= 11 is 9.15. The molecule has 120 valence electrons. The fourth-order valence-electron chi connectivity index (χ4n) is 1.54. The van der Waals surface area contributed by atoms with E-state index in [0.29, 0.717) is 26.7 Å². The summed E-state index contributed by atoms with van der Waals surface area (Å²) < 4.78 is 11.2. The number of halogens is 2. The topological polar surface area (TPSA) is 63.8 Å². The number of ether oxygens (including phenoxy) is 1. The molecule has 1 heterocycles. The second kappa shape index (κ2) is 8.55. The van der Waals surface area contributed by atoms with Crippen LogP contribution < -0.4 is 10.2 Å². The third kappa shape index (κ3) is 5.92. The van der Waals surface area contributed by atoms with Gasteiger partial charge in [0.1, 0.15) is 11.5 Å². The SMILES string of the molecule is CC(/C=C/c1ccco1)=N/NC(=O)COc1ccc(Cl)cc1Br. The Labute approximate surface area is 147 Å². The van der Waals surface area contributed by atoms with Crippen molar-refractivity contribution in [2.24, 2.45) is 5.10 Å². The van der Waals surface area contributed by atoms with Crippen molar-refractivity contribution < 1.29 is 13.9 Å². The molecule has 1 aromatic carbocycles. The average molecular weight is 398 g/mol. The van der Waals surface area contributed by atoms with Gasteiger partial charge in [0, 0.05) is 5.02 Å². The Morgan fingerprint density at radius 3 is 3.00 bits per heavy atom. The van der Waals surface area contributed by atoms with Gasteiger partial charge in [0.15, 0.2) is 6.61 Å². The van der Waals surface area contributed by atoms with Crippen LogP contribution in [0.15, 0.2) is 56.7 Å². The van der Waals surface area contributed by atoms with Crippen LogP contribution in [0.5, 0.6) is 5.75 Å². The van der Waals surface area contributed by atoms with Gasteiger partial charge in [-0.2, -0.15) is 5.10 Å². The smallest absolute Gasteiger partial charge is 0.277 e. The molecular weight excluding hydrogens is 384 g/mol. The number of carbonyl (C=O) groups excluding carboxylic acids is 1. The fraction of sp³-hybridized carbons (Fsp3) is 0.125. The van der Waals surface area contributed by atoms with Crippen LogP contribution in [-0.2, 0) is 4.79 Å². The Balaban J connectivity index is 1.81. The van der Waals surface area contributed by atoms with E-state index in [4.69, 9.17) is 20.8 Å². The molecule has 1 amide bonds. The number of nitrogens with zero attached hydrogens (tertiary/aromatic N) is 1. The van der Waals surface area contributed by atoms with Gasteiger partial charge < -0.3 is 9.15 Å². The van der Waals surface area contributed by atoms with Crippen LogP contribution in [0, 0.1) is 0 Å². The molecule has 5 nitrogen and oxygen atoms in total. The molecule has 0 unspecified atom stereocenters. The number of benzene rings is 1. The molecule has 0 aliphatic heterocycles. The van der Waals surface area contributed by atoms with Gasteiger partial charge in [-0.05, 0) is 65.3 Å². The van der Waals surface area contributed by atoms with Crippen molar-refractivity contribution in [3.63, 3.8) is 0 Å². The van der Waals surface area contributed by atoms with Crippen LogP contribution in [0.1, 0.15) is 12.7 Å². The van der Waals surface area contributed by atoms with Crippen molar-refractivity contribution in [1.29, 1.82) is 0 Å². The molecule has 23 heavy (non-hydrogen) atoms. The van der Waals surface area contributed by atoms with Crippen molar-refractivity contribution in [3.8, 4) is 5.75 Å². The maximum absolute atomic E-state index is 11.7. The van der Waals surface area contributed by atoms with E-state index in [1.165, 1.54) is 0 Å². The lowest BCUT2D eigenvalue weighted by atomic mass is 10.3. The van der Waals surface area contributed by atoms with Crippen LogP contribution in [-0.4, -0.2) is 18.2 Å². The first-order valence-corrected chi connectivity index (χ1v) is 7.84. The second-order valence-electron chi connectivity index (χ2n) is 4.50. The van der Waals surface area contributed by atoms with Gasteiger partial charge in [0.25, 0.3) is 5.91 Å². The zero-order valence-electron chi connectivity index (χ0n) is 12.3. The van der Waals surface area contributed by atoms with E-state index in [1.807, 2.05) is 6.07 Å². The second-order valence-corrected chi connectivity index (χ2v) is 5.79. The van der Waals surface area contributed by atoms with Gasteiger partial charge in [-0.1, -0.05) is 11.6 Å². The highest BCUT2D eigenvalue weighted by molar-refractivity contribution is 9.10. The maximum atomic E-state index is 11.7. The lowest BCUT2D eigenvalue weighted by molar-refractivity contribution is -0.123. The number of hydrogen-bond acceptors (Lipinski definition) is 4. The average Bonchev–Trinajstić information content (AvgIpc) is 3.03. The Morgan fingerprint density at radius 1 is 1.48 bits per heavy atom. The molecule has 0 aliphatic rings. The van der Waals surface area contributed by atoms with Gasteiger partial charge in [-0.3, -0.25) is 4.79 Å². The molecule has 7 heteroatoms. The van der Waals surface area contributed by atoms with E-state index >= 15 is 0 Å². The van der Waals surface area contributed by atoms with Gasteiger partial charge in [0.2, 0.25) is 0 Å². The van der Waals surface area contributed by atoms with Crippen molar-refractivity contribution in [3.05, 3.63) is 57.9 Å². The lowest BCUT2D eigenvalue weighted by Crippen LogP contribution is -2.25. The Morgan fingerprint density at radius 2 is 2.30 bits per heavy atom. The Hall–Kier alpha value is -2.05. The highest BCUT2D eigenvalue weighted by atomic mass is 79.9. The van der Waals surface area contributed by atoms with Gasteiger partial charge in [-0.25, -0.2) is 5.43 Å². The van der Waals surface area contributed by atoms with Crippen LogP contribution in [0.4, 0.5) is 0 Å². The number of amides is 1. The predicted molar refractivity (Wildman–Crippen MR) is 93.6 cm³/mol. The number of allylic oxidation sites excluding steroid dienone is 1. The lowest BCUT2D eigenvalue weighted by Gasteiger charge is -2.07. The number of nitrogens with one attached hydrogen (secondary N) is 1. The minimum Gasteiger partial charge on any atom is -0.483 e. The Bertz CT molecular complexity index is 727. The van der Waals surface area contributed by atoms with Crippen molar-refractivity contribution in [1.82, 2.24) is 5.43 Å². The largest absolute Gasteiger partial charge is 0.483 e. The first kappa shape index (κ1) is 17.3. The minimum absolute atomic E-state index is 0.154. The van der Waals surface area contributed by atoms with E-state index in [2.05, 4.69) is 26.5 Å². The highest BCUT2D eigenvalue weighted by Gasteiger charge is 2.05. The van der Waals surface area contributed by atoms with E-state index in [0.717, 1.165) is 0 Å². The monoisotopic (exact) mass is 396 g/mol. The fourth-order valence-corrected chi connectivity index (χ4v) is 2.34. The number of rotatable bonds is 6. The third-order valence-corrected chi connectivity index (χ3v) is 3.50. The van der Waals surface area contributed by atoms with E-state index < -0.39 is 0 Å². The summed E-state index contributed by atoms with van der Waals surface area (Å²) in [5.74, 6) is 0.877. The predicted octanol–water partition coefficient (Wildman–Crippen LogP) is 4.28. The summed E-state index contributed by atoms with van der Waals surface area (Å²) in [6.45, 7) is 1.61. The molecule has 0 fully saturated rings. The number of hydrogen-bond donors (Lipinski definition) is 1. The van der Waals surface area contributed by atoms with E-state index in [-0.39, 0.29) is 12.5 Å². The third-order valence-electron chi connectivity index (χ3n) is 2.64. The summed E-state index contributed by atoms with van der Waals surface area (Å²) in [7, 11) is 0. The minimum atomic E-state index is -0.363. The maximum Gasteiger partial charge on any atom is 0.277 e. The van der Waals surface area contributed by atoms with Crippen molar-refractivity contribution in [2.75, 3.05) is 6.61 Å². The Kier molecular flexibility index (Phi) is 6.43. The van der Waals surface area contributed by atoms with Gasteiger partial charge >= 0.3 is 0 Å². The standard InChI is InChI=1S/C16H14BrClN2O3/c1-11(4-6-13-3-2-8-22-13)19-20-16(21)10-23-15-7-5-12(18)9-14(15)17/h2-9H,10H2,1H3,(H,20,21)/b6-4+,19-11-. The molecule has 1 aromatic heterocycles. The van der Waals surface area contributed by atoms with Crippen LogP contribution >= 0.6 is 27.5 Å². The molecule has 0 bridgehead atoms. The number of furan rings is 1. The zero-order chi connectivity index (χ0) is 16.7. The van der Waals surface area contributed by atoms with Crippen molar-refractivity contribution >= 4 is 45.2 Å². The summed E-state index contributed by atoms with van der Waals surface area (Å²) in [5.41, 5.74) is 3.04. The normalized spacial score (nSPS) is 11.7. The number of hydrazone groups is 1. The molecule has 0 radical (unpaired) electrons. The summed E-state index contributed by atoms with van der Waals surface area (Å²) in [4.78, 5) is 11.7. The summed E-state index contributed by atoms with van der Waals surface area (Å²) in [6.07, 6.45) is 5.07. The first-order valence-electron chi connectivity index (χ1n) is 6.67. The summed E-state index contributed by atoms with van der Waals surface area (Å²) in [5, 5.41) is 4.53. The molecular formula is C16H14BrClN2O3. The van der Waals surface area contributed by atoms with Crippen molar-refractivity contribution in [2.45, 2.75) is 6.92 Å². The first-order chi connectivity index (χ1) is 11.0. The molecule has 0 saturated carbocycles. The van der Waals surface area contributed by atoms with Crippen LogP contribution in [0.2, 0.25) is 5.02 Å². The molecule has 0 spiro atoms. The number of carbonyl (C=O) groups is 1. The van der Waals surface area contributed by atoms with E-state index in [1.54, 1.807) is 49.6 Å². The zero-order valence-corrected chi connectivity index (χ0v) is 14.6. The molecule has 2 aromatic rings. The highest BCUT2D eigenvalue weighted by Crippen LogP contribution is 2.27. The molecule has 0 atom stereocenters. The molecule has 2 rings (SSSR count). The van der Waals surface area contributed by atoms with E-state index in [9.17, 15) is 4.79 Å². The van der Waals surface area contributed by atoms with Crippen LogP contribution in [0.3, 0.4) is 0 Å². The van der Waals surface area contributed by atoms with Crippen LogP contribution in [0.25, 0.3) is 6.08 Å². The molecule has 0 aliphatic carbocycles. The quantitative estimate of drug-likeness (QED) is 0.584. The van der Waals surface area contributed by atoms with Gasteiger partial charge in [0.05, 0.1) is 16.4 Å².